The third-order valence-corrected chi connectivity index (χ3v) is 5.32. The number of rotatable bonds is 4. The van der Waals surface area contributed by atoms with E-state index in [1.807, 2.05) is 28.9 Å². The minimum absolute atomic E-state index is 0.222. The van der Waals surface area contributed by atoms with Gasteiger partial charge in [-0.15, -0.1) is 0 Å². The minimum Gasteiger partial charge on any atom is -0.479 e. The summed E-state index contributed by atoms with van der Waals surface area (Å²) in [4.78, 5) is 12.2. The Hall–Kier alpha value is -2.63. The Morgan fingerprint density at radius 3 is 2.70 bits per heavy atom. The number of halogens is 2. The predicted octanol–water partition coefficient (Wildman–Crippen LogP) is 4.83. The number of ether oxygens (including phenoxy) is 1. The van der Waals surface area contributed by atoms with Crippen molar-refractivity contribution in [3.05, 3.63) is 76.2 Å². The topological polar surface area (TPSA) is 51.5 Å². The van der Waals surface area contributed by atoms with Gasteiger partial charge in [0.25, 0.3) is 0 Å². The lowest BCUT2D eigenvalue weighted by molar-refractivity contribution is -0.164. The molecule has 2 aromatic carbocycles. The van der Waals surface area contributed by atoms with Crippen molar-refractivity contribution in [2.24, 2.45) is 0 Å². The fraction of sp³-hybridized carbons (Fsp3) is 0.190. The summed E-state index contributed by atoms with van der Waals surface area (Å²) in [6.45, 7) is 0.389. The number of carboxylic acids is 1. The quantitative estimate of drug-likeness (QED) is 0.700. The lowest BCUT2D eigenvalue weighted by atomic mass is 9.87. The molecule has 4 rings (SSSR count). The second-order valence-electron chi connectivity index (χ2n) is 6.58. The smallest absolute Gasteiger partial charge is 0.342 e. The van der Waals surface area contributed by atoms with Gasteiger partial charge in [-0.3, -0.25) is 0 Å². The van der Waals surface area contributed by atoms with Gasteiger partial charge >= 0.3 is 5.97 Å². The Bertz CT molecular complexity index is 1070. The van der Waals surface area contributed by atoms with E-state index in [1.165, 1.54) is 19.2 Å². The van der Waals surface area contributed by atoms with Gasteiger partial charge in [-0.25, -0.2) is 9.18 Å². The Labute approximate surface area is 160 Å². The first-order chi connectivity index (χ1) is 13.0. The summed E-state index contributed by atoms with van der Waals surface area (Å²) in [5.74, 6) is -1.37. The van der Waals surface area contributed by atoms with Crippen molar-refractivity contribution in [2.45, 2.75) is 18.6 Å². The predicted molar refractivity (Wildman–Crippen MR) is 102 cm³/mol. The number of fused-ring (bicyclic) bond motifs is 3. The zero-order valence-corrected chi connectivity index (χ0v) is 15.3. The van der Waals surface area contributed by atoms with Crippen LogP contribution in [0, 0.1) is 5.82 Å². The maximum atomic E-state index is 13.3. The molecule has 1 aromatic heterocycles. The van der Waals surface area contributed by atoms with Crippen LogP contribution in [0.4, 0.5) is 4.39 Å². The minimum atomic E-state index is -1.49. The maximum Gasteiger partial charge on any atom is 0.342 e. The zero-order chi connectivity index (χ0) is 19.2. The fourth-order valence-corrected chi connectivity index (χ4v) is 3.96. The fourth-order valence-electron chi connectivity index (χ4n) is 3.79. The van der Waals surface area contributed by atoms with Crippen LogP contribution in [0.1, 0.15) is 23.2 Å². The standard InChI is InChI=1S/C21H17ClFNO3/c1-27-21(20(25)26)10-2-3-16-17-11-14(22)6-9-18(17)24(19(16)21)12-13-4-7-15(23)8-5-13/h2-9,11H,10,12H2,1H3,(H,25,26). The van der Waals surface area contributed by atoms with Crippen molar-refractivity contribution in [1.82, 2.24) is 4.57 Å². The van der Waals surface area contributed by atoms with E-state index >= 15 is 0 Å². The number of carbonyl (C=O) groups is 1. The summed E-state index contributed by atoms with van der Waals surface area (Å²) >= 11 is 6.19. The Balaban J connectivity index is 2.02. The van der Waals surface area contributed by atoms with Gasteiger partial charge in [0, 0.05) is 41.6 Å². The molecule has 1 heterocycles. The second-order valence-corrected chi connectivity index (χ2v) is 7.02. The third kappa shape index (κ3) is 2.74. The average molecular weight is 386 g/mol. The highest BCUT2D eigenvalue weighted by molar-refractivity contribution is 6.31. The SMILES string of the molecule is COC1(C(=O)O)CC=Cc2c1n(Cc1ccc(F)cc1)c1ccc(Cl)cc21. The third-order valence-electron chi connectivity index (χ3n) is 5.08. The van der Waals surface area contributed by atoms with Crippen LogP contribution in [-0.2, 0) is 21.7 Å². The molecule has 0 radical (unpaired) electrons. The summed E-state index contributed by atoms with van der Waals surface area (Å²) in [5.41, 5.74) is 1.57. The summed E-state index contributed by atoms with van der Waals surface area (Å²) in [5, 5.41) is 11.4. The van der Waals surface area contributed by atoms with E-state index in [9.17, 15) is 14.3 Å². The molecule has 138 valence electrons. The van der Waals surface area contributed by atoms with Crippen molar-refractivity contribution in [1.29, 1.82) is 0 Å². The molecule has 3 aromatic rings. The second kappa shape index (κ2) is 6.51. The van der Waals surface area contributed by atoms with Crippen molar-refractivity contribution >= 4 is 34.5 Å². The monoisotopic (exact) mass is 385 g/mol. The molecule has 6 heteroatoms. The number of methoxy groups -OCH3 is 1. The van der Waals surface area contributed by atoms with Crippen molar-refractivity contribution < 1.29 is 19.0 Å². The molecule has 0 fully saturated rings. The molecular formula is C21H17ClFNO3. The summed E-state index contributed by atoms with van der Waals surface area (Å²) in [6, 6.07) is 11.6. The van der Waals surface area contributed by atoms with E-state index in [2.05, 4.69) is 0 Å². The molecule has 27 heavy (non-hydrogen) atoms. The van der Waals surface area contributed by atoms with Gasteiger partial charge in [-0.1, -0.05) is 35.9 Å². The van der Waals surface area contributed by atoms with Gasteiger partial charge < -0.3 is 14.4 Å². The summed E-state index contributed by atoms with van der Waals surface area (Å²) in [6.07, 6.45) is 3.94. The van der Waals surface area contributed by atoms with Gasteiger partial charge in [0.15, 0.2) is 0 Å². The number of benzene rings is 2. The highest BCUT2D eigenvalue weighted by atomic mass is 35.5. The normalized spacial score (nSPS) is 18.6. The van der Waals surface area contributed by atoms with Crippen LogP contribution < -0.4 is 0 Å². The number of aliphatic carboxylic acids is 1. The van der Waals surface area contributed by atoms with E-state index in [0.717, 1.165) is 22.0 Å². The van der Waals surface area contributed by atoms with E-state index in [1.54, 1.807) is 18.2 Å². The summed E-state index contributed by atoms with van der Waals surface area (Å²) < 4.78 is 20.8. The van der Waals surface area contributed by atoms with Crippen LogP contribution in [0.2, 0.25) is 5.02 Å². The molecule has 1 aliphatic rings. The van der Waals surface area contributed by atoms with E-state index in [-0.39, 0.29) is 12.2 Å². The van der Waals surface area contributed by atoms with Crippen LogP contribution in [0.15, 0.2) is 48.5 Å². The Morgan fingerprint density at radius 2 is 2.04 bits per heavy atom. The molecule has 1 atom stereocenters. The molecule has 0 amide bonds. The van der Waals surface area contributed by atoms with E-state index in [4.69, 9.17) is 16.3 Å². The highest BCUT2D eigenvalue weighted by Crippen LogP contribution is 2.43. The lowest BCUT2D eigenvalue weighted by Gasteiger charge is -2.31. The molecule has 1 N–H and O–H groups in total. The molecule has 0 saturated heterocycles. The van der Waals surface area contributed by atoms with Gasteiger partial charge in [0.2, 0.25) is 5.60 Å². The van der Waals surface area contributed by atoms with E-state index < -0.39 is 11.6 Å². The first-order valence-corrected chi connectivity index (χ1v) is 8.86. The first kappa shape index (κ1) is 17.8. The molecule has 0 spiro atoms. The molecule has 4 nitrogen and oxygen atoms in total. The number of nitrogens with zero attached hydrogens (tertiary/aromatic N) is 1. The Morgan fingerprint density at radius 1 is 1.30 bits per heavy atom. The molecule has 0 saturated carbocycles. The first-order valence-electron chi connectivity index (χ1n) is 8.48. The molecule has 1 unspecified atom stereocenters. The van der Waals surface area contributed by atoms with Crippen LogP contribution in [-0.4, -0.2) is 22.8 Å². The number of carboxylic acid groups (broad SMARTS) is 1. The maximum absolute atomic E-state index is 13.3. The van der Waals surface area contributed by atoms with Gasteiger partial charge in [0.05, 0.1) is 5.69 Å². The molecule has 0 aliphatic heterocycles. The van der Waals surface area contributed by atoms with E-state index in [0.29, 0.717) is 17.3 Å². The van der Waals surface area contributed by atoms with Crippen LogP contribution in [0.5, 0.6) is 0 Å². The van der Waals surface area contributed by atoms with Crippen LogP contribution in [0.25, 0.3) is 17.0 Å². The van der Waals surface area contributed by atoms with Gasteiger partial charge in [0.1, 0.15) is 5.82 Å². The van der Waals surface area contributed by atoms with Crippen LogP contribution in [0.3, 0.4) is 0 Å². The number of hydrogen-bond acceptors (Lipinski definition) is 2. The van der Waals surface area contributed by atoms with Crippen LogP contribution >= 0.6 is 11.6 Å². The molecule has 0 bridgehead atoms. The van der Waals surface area contributed by atoms with Crippen molar-refractivity contribution in [2.75, 3.05) is 7.11 Å². The van der Waals surface area contributed by atoms with Crippen molar-refractivity contribution in [3.63, 3.8) is 0 Å². The molecule has 1 aliphatic carbocycles. The number of hydrogen-bond donors (Lipinski definition) is 1. The number of aromatic nitrogens is 1. The highest BCUT2D eigenvalue weighted by Gasteiger charge is 2.46. The largest absolute Gasteiger partial charge is 0.479 e. The Kier molecular flexibility index (Phi) is 4.29. The average Bonchev–Trinajstić information content (AvgIpc) is 2.97. The zero-order valence-electron chi connectivity index (χ0n) is 14.6. The summed E-state index contributed by atoms with van der Waals surface area (Å²) in [7, 11) is 1.41. The van der Waals surface area contributed by atoms with Gasteiger partial charge in [-0.2, -0.15) is 0 Å². The van der Waals surface area contributed by atoms with Crippen molar-refractivity contribution in [3.8, 4) is 0 Å². The lowest BCUT2D eigenvalue weighted by Crippen LogP contribution is -2.41. The van der Waals surface area contributed by atoms with Gasteiger partial charge in [-0.05, 0) is 35.9 Å². The molecular weight excluding hydrogens is 369 g/mol.